The van der Waals surface area contributed by atoms with Crippen molar-refractivity contribution in [3.63, 3.8) is 0 Å². The number of aromatic nitrogens is 3. The van der Waals surface area contributed by atoms with E-state index in [0.717, 1.165) is 16.8 Å². The molecule has 0 N–H and O–H groups in total. The lowest BCUT2D eigenvalue weighted by atomic mass is 10.1. The minimum Gasteiger partial charge on any atom is -0.245 e. The third kappa shape index (κ3) is 1.55. The van der Waals surface area contributed by atoms with Gasteiger partial charge < -0.3 is 0 Å². The Labute approximate surface area is 97.3 Å². The van der Waals surface area contributed by atoms with Crippen molar-refractivity contribution >= 4 is 17.1 Å². The zero-order valence-corrected chi connectivity index (χ0v) is 9.09. The summed E-state index contributed by atoms with van der Waals surface area (Å²) in [4.78, 5) is 4.01. The van der Waals surface area contributed by atoms with E-state index in [1.807, 2.05) is 36.4 Å². The Kier molecular flexibility index (Phi) is 2.11. The summed E-state index contributed by atoms with van der Waals surface area (Å²) in [6.45, 7) is 0. The van der Waals surface area contributed by atoms with Gasteiger partial charge in [0.15, 0.2) is 0 Å². The van der Waals surface area contributed by atoms with Crippen LogP contribution >= 0.6 is 11.6 Å². The topological polar surface area (TPSA) is 30.2 Å². The number of halogens is 1. The summed E-state index contributed by atoms with van der Waals surface area (Å²) in [6, 6.07) is 11.6. The number of nitrogens with zero attached hydrogens (tertiary/aromatic N) is 3. The maximum absolute atomic E-state index is 5.95. The van der Waals surface area contributed by atoms with E-state index in [1.165, 1.54) is 0 Å². The number of hydrogen-bond acceptors (Lipinski definition) is 2. The highest BCUT2D eigenvalue weighted by Gasteiger charge is 2.04. The van der Waals surface area contributed by atoms with Gasteiger partial charge in [0.1, 0.15) is 6.33 Å². The standard InChI is InChI=1S/C12H8ClN3/c13-10-3-1-2-9(6-10)12-7-11-4-5-14-8-16(11)15-12/h1-8H. The van der Waals surface area contributed by atoms with Gasteiger partial charge in [-0.1, -0.05) is 23.7 Å². The minimum absolute atomic E-state index is 0.715. The van der Waals surface area contributed by atoms with Gasteiger partial charge in [0.25, 0.3) is 0 Å². The molecule has 2 aromatic heterocycles. The molecule has 4 heteroatoms. The first kappa shape index (κ1) is 9.36. The summed E-state index contributed by atoms with van der Waals surface area (Å²) in [5, 5.41) is 5.14. The quantitative estimate of drug-likeness (QED) is 0.642. The van der Waals surface area contributed by atoms with Gasteiger partial charge in [-0.3, -0.25) is 0 Å². The van der Waals surface area contributed by atoms with Gasteiger partial charge in [0, 0.05) is 16.8 Å². The zero-order chi connectivity index (χ0) is 11.0. The Morgan fingerprint density at radius 1 is 1.12 bits per heavy atom. The Balaban J connectivity index is 2.19. The third-order valence-corrected chi connectivity index (χ3v) is 2.63. The van der Waals surface area contributed by atoms with Crippen LogP contribution in [0.25, 0.3) is 16.8 Å². The molecule has 0 aliphatic carbocycles. The molecule has 2 heterocycles. The molecule has 0 bridgehead atoms. The van der Waals surface area contributed by atoms with E-state index in [2.05, 4.69) is 10.1 Å². The highest BCUT2D eigenvalue weighted by Crippen LogP contribution is 2.22. The van der Waals surface area contributed by atoms with Crippen molar-refractivity contribution in [2.45, 2.75) is 0 Å². The van der Waals surface area contributed by atoms with Crippen LogP contribution in [0.5, 0.6) is 0 Å². The van der Waals surface area contributed by atoms with Crippen LogP contribution in [0.4, 0.5) is 0 Å². The van der Waals surface area contributed by atoms with Crippen LogP contribution in [-0.2, 0) is 0 Å². The van der Waals surface area contributed by atoms with E-state index in [-0.39, 0.29) is 0 Å². The summed E-state index contributed by atoms with van der Waals surface area (Å²) < 4.78 is 1.75. The molecule has 0 saturated heterocycles. The van der Waals surface area contributed by atoms with E-state index in [0.29, 0.717) is 5.02 Å². The van der Waals surface area contributed by atoms with Crippen LogP contribution < -0.4 is 0 Å². The molecule has 3 rings (SSSR count). The Hall–Kier alpha value is -1.87. The van der Waals surface area contributed by atoms with Crippen molar-refractivity contribution in [3.8, 4) is 11.3 Å². The lowest BCUT2D eigenvalue weighted by molar-refractivity contribution is 0.925. The molecule has 0 unspecified atom stereocenters. The second kappa shape index (κ2) is 3.61. The van der Waals surface area contributed by atoms with Crippen LogP contribution in [-0.4, -0.2) is 14.6 Å². The average molecular weight is 230 g/mol. The van der Waals surface area contributed by atoms with Gasteiger partial charge in [-0.25, -0.2) is 9.50 Å². The summed E-state index contributed by atoms with van der Waals surface area (Å²) in [5.74, 6) is 0. The minimum atomic E-state index is 0.715. The fraction of sp³-hybridized carbons (Fsp3) is 0. The molecule has 0 atom stereocenters. The summed E-state index contributed by atoms with van der Waals surface area (Å²) >= 11 is 5.95. The first-order valence-electron chi connectivity index (χ1n) is 4.88. The Morgan fingerprint density at radius 2 is 2.06 bits per heavy atom. The number of hydrogen-bond donors (Lipinski definition) is 0. The predicted molar refractivity (Wildman–Crippen MR) is 63.4 cm³/mol. The van der Waals surface area contributed by atoms with Crippen molar-refractivity contribution < 1.29 is 0 Å². The van der Waals surface area contributed by atoms with Crippen LogP contribution in [0.1, 0.15) is 0 Å². The van der Waals surface area contributed by atoms with Gasteiger partial charge >= 0.3 is 0 Å². The largest absolute Gasteiger partial charge is 0.245 e. The lowest BCUT2D eigenvalue weighted by Gasteiger charge is -1.95. The summed E-state index contributed by atoms with van der Waals surface area (Å²) in [6.07, 6.45) is 3.43. The normalized spacial score (nSPS) is 10.8. The lowest BCUT2D eigenvalue weighted by Crippen LogP contribution is -1.87. The molecular formula is C12H8ClN3. The molecule has 16 heavy (non-hydrogen) atoms. The Bertz CT molecular complexity index is 612. The second-order valence-electron chi connectivity index (χ2n) is 3.49. The van der Waals surface area contributed by atoms with Gasteiger partial charge in [0.05, 0.1) is 11.2 Å². The van der Waals surface area contributed by atoms with Crippen molar-refractivity contribution in [2.75, 3.05) is 0 Å². The smallest absolute Gasteiger partial charge is 0.117 e. The molecule has 0 aliphatic rings. The van der Waals surface area contributed by atoms with Crippen molar-refractivity contribution in [1.82, 2.24) is 14.6 Å². The van der Waals surface area contributed by atoms with Gasteiger partial charge in [-0.2, -0.15) is 5.10 Å². The zero-order valence-electron chi connectivity index (χ0n) is 8.34. The SMILES string of the molecule is Clc1cccc(-c2cc3ccncn3n2)c1. The number of fused-ring (bicyclic) bond motifs is 1. The highest BCUT2D eigenvalue weighted by molar-refractivity contribution is 6.30. The van der Waals surface area contributed by atoms with Crippen molar-refractivity contribution in [3.05, 3.63) is 53.9 Å². The molecule has 3 nitrogen and oxygen atoms in total. The van der Waals surface area contributed by atoms with Crippen LogP contribution in [0.15, 0.2) is 48.9 Å². The second-order valence-corrected chi connectivity index (χ2v) is 3.93. The van der Waals surface area contributed by atoms with E-state index >= 15 is 0 Å². The average Bonchev–Trinajstić information content (AvgIpc) is 2.72. The van der Waals surface area contributed by atoms with Gasteiger partial charge in [0.2, 0.25) is 0 Å². The molecule has 1 aromatic carbocycles. The summed E-state index contributed by atoms with van der Waals surface area (Å²) in [7, 11) is 0. The number of benzene rings is 1. The first-order chi connectivity index (χ1) is 7.83. The summed E-state index contributed by atoms with van der Waals surface area (Å²) in [5.41, 5.74) is 2.93. The van der Waals surface area contributed by atoms with E-state index in [9.17, 15) is 0 Å². The maximum Gasteiger partial charge on any atom is 0.117 e. The maximum atomic E-state index is 5.95. The van der Waals surface area contributed by atoms with Crippen LogP contribution in [0.3, 0.4) is 0 Å². The van der Waals surface area contributed by atoms with Crippen LogP contribution in [0.2, 0.25) is 5.02 Å². The molecule has 0 amide bonds. The predicted octanol–water partition coefficient (Wildman–Crippen LogP) is 3.05. The van der Waals surface area contributed by atoms with Gasteiger partial charge in [-0.15, -0.1) is 0 Å². The monoisotopic (exact) mass is 229 g/mol. The number of rotatable bonds is 1. The fourth-order valence-corrected chi connectivity index (χ4v) is 1.83. The molecule has 3 aromatic rings. The molecule has 0 fully saturated rings. The van der Waals surface area contributed by atoms with Crippen molar-refractivity contribution in [1.29, 1.82) is 0 Å². The fourth-order valence-electron chi connectivity index (χ4n) is 1.64. The van der Waals surface area contributed by atoms with E-state index < -0.39 is 0 Å². The molecule has 0 saturated carbocycles. The Morgan fingerprint density at radius 3 is 2.88 bits per heavy atom. The molecule has 78 valence electrons. The first-order valence-corrected chi connectivity index (χ1v) is 5.26. The molecule has 0 aliphatic heterocycles. The van der Waals surface area contributed by atoms with Crippen LogP contribution in [0, 0.1) is 0 Å². The third-order valence-electron chi connectivity index (χ3n) is 2.39. The van der Waals surface area contributed by atoms with Crippen molar-refractivity contribution in [2.24, 2.45) is 0 Å². The molecule has 0 radical (unpaired) electrons. The van der Waals surface area contributed by atoms with E-state index in [4.69, 9.17) is 11.6 Å². The van der Waals surface area contributed by atoms with Gasteiger partial charge in [-0.05, 0) is 24.3 Å². The molecular weight excluding hydrogens is 222 g/mol. The molecule has 0 spiro atoms. The highest BCUT2D eigenvalue weighted by atomic mass is 35.5. The van der Waals surface area contributed by atoms with E-state index in [1.54, 1.807) is 17.0 Å².